The molecule has 0 heterocycles. The van der Waals surface area contributed by atoms with Crippen LogP contribution >= 0.6 is 0 Å². The van der Waals surface area contributed by atoms with Crippen molar-refractivity contribution in [1.82, 2.24) is 0 Å². The van der Waals surface area contributed by atoms with Gasteiger partial charge in [-0.15, -0.1) is 0 Å². The summed E-state index contributed by atoms with van der Waals surface area (Å²) in [4.78, 5) is 10.7. The Bertz CT molecular complexity index is 345. The van der Waals surface area contributed by atoms with Crippen molar-refractivity contribution >= 4 is 12.0 Å². The molecule has 0 amide bonds. The molecule has 3 heteroatoms. The fraction of sp³-hybridized carbons (Fsp3) is 0.364. The van der Waals surface area contributed by atoms with Crippen molar-refractivity contribution in [2.45, 2.75) is 19.4 Å². The van der Waals surface area contributed by atoms with Crippen molar-refractivity contribution < 1.29 is 9.90 Å². The van der Waals surface area contributed by atoms with E-state index in [-0.39, 0.29) is 0 Å². The van der Waals surface area contributed by atoms with Crippen LogP contribution < -0.4 is 5.32 Å². The smallest absolute Gasteiger partial charge is 0.155 e. The van der Waals surface area contributed by atoms with E-state index in [1.807, 2.05) is 19.1 Å². The fourth-order valence-corrected chi connectivity index (χ4v) is 1.37. The number of hydrogen-bond donors (Lipinski definition) is 2. The van der Waals surface area contributed by atoms with Gasteiger partial charge in [-0.3, -0.25) is 4.79 Å². The second kappa shape index (κ2) is 3.80. The standard InChI is InChI=1S/C11H15NO2/c1-8-4-5-9(10(6-8)12-3)11(2,14)7-13/h4-7,12,14H,1-3H3. The van der Waals surface area contributed by atoms with E-state index in [2.05, 4.69) is 5.32 Å². The van der Waals surface area contributed by atoms with Gasteiger partial charge in [0, 0.05) is 18.3 Å². The van der Waals surface area contributed by atoms with Gasteiger partial charge in [-0.2, -0.15) is 0 Å². The van der Waals surface area contributed by atoms with Gasteiger partial charge in [0.15, 0.2) is 6.29 Å². The number of carbonyl (C=O) groups is 1. The summed E-state index contributed by atoms with van der Waals surface area (Å²) in [6.45, 7) is 3.44. The molecule has 1 aromatic rings. The Morgan fingerprint density at radius 2 is 2.14 bits per heavy atom. The molecule has 0 saturated heterocycles. The number of carbonyl (C=O) groups excluding carboxylic acids is 1. The normalized spacial score (nSPS) is 14.6. The Morgan fingerprint density at radius 1 is 1.50 bits per heavy atom. The molecule has 3 nitrogen and oxygen atoms in total. The molecule has 0 aliphatic heterocycles. The summed E-state index contributed by atoms with van der Waals surface area (Å²) in [5.74, 6) is 0. The fourth-order valence-electron chi connectivity index (χ4n) is 1.37. The zero-order valence-corrected chi connectivity index (χ0v) is 8.66. The SMILES string of the molecule is CNc1cc(C)ccc1C(C)(O)C=O. The van der Waals surface area contributed by atoms with Gasteiger partial charge in [0.2, 0.25) is 0 Å². The molecular weight excluding hydrogens is 178 g/mol. The molecule has 1 atom stereocenters. The predicted molar refractivity (Wildman–Crippen MR) is 56.4 cm³/mol. The van der Waals surface area contributed by atoms with Crippen LogP contribution in [0.3, 0.4) is 0 Å². The minimum Gasteiger partial charge on any atom is -0.388 e. The van der Waals surface area contributed by atoms with Crippen LogP contribution in [-0.4, -0.2) is 18.4 Å². The van der Waals surface area contributed by atoms with E-state index < -0.39 is 5.60 Å². The molecular formula is C11H15NO2. The number of benzene rings is 1. The zero-order chi connectivity index (χ0) is 10.8. The van der Waals surface area contributed by atoms with Gasteiger partial charge in [-0.1, -0.05) is 12.1 Å². The van der Waals surface area contributed by atoms with Crippen LogP contribution in [0, 0.1) is 6.92 Å². The Kier molecular flexibility index (Phi) is 2.91. The summed E-state index contributed by atoms with van der Waals surface area (Å²) in [5.41, 5.74) is 1.04. The van der Waals surface area contributed by atoms with Crippen LogP contribution in [0.4, 0.5) is 5.69 Å². The quantitative estimate of drug-likeness (QED) is 0.714. The van der Waals surface area contributed by atoms with Gasteiger partial charge in [0.25, 0.3) is 0 Å². The van der Waals surface area contributed by atoms with Crippen molar-refractivity contribution in [2.24, 2.45) is 0 Å². The molecule has 76 valence electrons. The van der Waals surface area contributed by atoms with Crippen LogP contribution in [0.15, 0.2) is 18.2 Å². The average molecular weight is 193 g/mol. The molecule has 1 aromatic carbocycles. The maximum Gasteiger partial charge on any atom is 0.155 e. The first-order valence-electron chi connectivity index (χ1n) is 4.49. The lowest BCUT2D eigenvalue weighted by Crippen LogP contribution is -2.24. The van der Waals surface area contributed by atoms with Crippen molar-refractivity contribution in [3.63, 3.8) is 0 Å². The lowest BCUT2D eigenvalue weighted by atomic mass is 9.95. The number of aliphatic hydroxyl groups is 1. The summed E-state index contributed by atoms with van der Waals surface area (Å²) in [7, 11) is 1.76. The third-order valence-electron chi connectivity index (χ3n) is 2.22. The molecule has 0 aromatic heterocycles. The highest BCUT2D eigenvalue weighted by Crippen LogP contribution is 2.27. The minimum absolute atomic E-state index is 0.540. The van der Waals surface area contributed by atoms with E-state index in [1.54, 1.807) is 13.1 Å². The highest BCUT2D eigenvalue weighted by molar-refractivity contribution is 5.71. The predicted octanol–water partition coefficient (Wildman–Crippen LogP) is 1.44. The molecule has 1 rings (SSSR count). The molecule has 1 unspecified atom stereocenters. The maximum atomic E-state index is 10.7. The number of hydrogen-bond acceptors (Lipinski definition) is 3. The van der Waals surface area contributed by atoms with Gasteiger partial charge in [0.1, 0.15) is 5.60 Å². The number of rotatable bonds is 3. The first kappa shape index (κ1) is 10.7. The van der Waals surface area contributed by atoms with Gasteiger partial charge in [-0.05, 0) is 25.5 Å². The topological polar surface area (TPSA) is 49.3 Å². The van der Waals surface area contributed by atoms with Crippen molar-refractivity contribution in [1.29, 1.82) is 0 Å². The molecule has 0 radical (unpaired) electrons. The monoisotopic (exact) mass is 193 g/mol. The molecule has 2 N–H and O–H groups in total. The molecule has 0 bridgehead atoms. The summed E-state index contributed by atoms with van der Waals surface area (Å²) in [5, 5.41) is 12.7. The molecule has 0 saturated carbocycles. The van der Waals surface area contributed by atoms with Crippen molar-refractivity contribution in [3.8, 4) is 0 Å². The average Bonchev–Trinajstić information content (AvgIpc) is 2.17. The highest BCUT2D eigenvalue weighted by atomic mass is 16.3. The van der Waals surface area contributed by atoms with Gasteiger partial charge < -0.3 is 10.4 Å². The van der Waals surface area contributed by atoms with Crippen molar-refractivity contribution in [2.75, 3.05) is 12.4 Å². The molecule has 0 aliphatic rings. The number of nitrogens with one attached hydrogen (secondary N) is 1. The Morgan fingerprint density at radius 3 is 2.64 bits per heavy atom. The first-order chi connectivity index (χ1) is 6.51. The zero-order valence-electron chi connectivity index (χ0n) is 8.66. The van der Waals surface area contributed by atoms with Gasteiger partial charge >= 0.3 is 0 Å². The largest absolute Gasteiger partial charge is 0.388 e. The second-order valence-corrected chi connectivity index (χ2v) is 3.56. The Balaban J connectivity index is 3.27. The van der Waals surface area contributed by atoms with E-state index in [1.165, 1.54) is 6.92 Å². The summed E-state index contributed by atoms with van der Waals surface area (Å²) >= 11 is 0. The molecule has 0 fully saturated rings. The third-order valence-corrected chi connectivity index (χ3v) is 2.22. The van der Waals surface area contributed by atoms with Crippen LogP contribution in [0.25, 0.3) is 0 Å². The Hall–Kier alpha value is -1.35. The maximum absolute atomic E-state index is 10.7. The molecule has 14 heavy (non-hydrogen) atoms. The minimum atomic E-state index is -1.42. The lowest BCUT2D eigenvalue weighted by molar-refractivity contribution is -0.123. The van der Waals surface area contributed by atoms with Crippen LogP contribution in [0.1, 0.15) is 18.1 Å². The number of aryl methyl sites for hydroxylation is 1. The van der Waals surface area contributed by atoms with E-state index >= 15 is 0 Å². The van der Waals surface area contributed by atoms with Crippen LogP contribution in [-0.2, 0) is 10.4 Å². The first-order valence-corrected chi connectivity index (χ1v) is 4.49. The van der Waals surface area contributed by atoms with E-state index in [9.17, 15) is 9.90 Å². The van der Waals surface area contributed by atoms with E-state index in [4.69, 9.17) is 0 Å². The van der Waals surface area contributed by atoms with Crippen LogP contribution in [0.5, 0.6) is 0 Å². The number of aldehydes is 1. The summed E-state index contributed by atoms with van der Waals surface area (Å²) in [6, 6.07) is 5.52. The van der Waals surface area contributed by atoms with Gasteiger partial charge in [-0.25, -0.2) is 0 Å². The molecule has 0 aliphatic carbocycles. The highest BCUT2D eigenvalue weighted by Gasteiger charge is 2.24. The number of anilines is 1. The van der Waals surface area contributed by atoms with E-state index in [0.29, 0.717) is 11.8 Å². The second-order valence-electron chi connectivity index (χ2n) is 3.56. The third kappa shape index (κ3) is 1.93. The van der Waals surface area contributed by atoms with Crippen LogP contribution in [0.2, 0.25) is 0 Å². The van der Waals surface area contributed by atoms with Gasteiger partial charge in [0.05, 0.1) is 0 Å². The summed E-state index contributed by atoms with van der Waals surface area (Å²) in [6.07, 6.45) is 0.540. The lowest BCUT2D eigenvalue weighted by Gasteiger charge is -2.20. The molecule has 0 spiro atoms. The Labute approximate surface area is 83.8 Å². The van der Waals surface area contributed by atoms with Crippen molar-refractivity contribution in [3.05, 3.63) is 29.3 Å². The van der Waals surface area contributed by atoms with E-state index in [0.717, 1.165) is 11.3 Å². The summed E-state index contributed by atoms with van der Waals surface area (Å²) < 4.78 is 0.